The highest BCUT2D eigenvalue weighted by molar-refractivity contribution is 5.98. The molecule has 3 heterocycles. The van der Waals surface area contributed by atoms with E-state index in [1.165, 1.54) is 0 Å². The van der Waals surface area contributed by atoms with Crippen molar-refractivity contribution in [3.63, 3.8) is 0 Å². The van der Waals surface area contributed by atoms with Crippen molar-refractivity contribution in [1.29, 1.82) is 0 Å². The van der Waals surface area contributed by atoms with Crippen LogP contribution in [0.3, 0.4) is 0 Å². The molecule has 2 amide bonds. The molecule has 5 rings (SSSR count). The zero-order chi connectivity index (χ0) is 19.8. The molecule has 0 atom stereocenters. The first-order valence-electron chi connectivity index (χ1n) is 9.92. The number of para-hydroxylation sites is 3. The number of piperidine rings is 1. The van der Waals surface area contributed by atoms with E-state index in [1.54, 1.807) is 12.4 Å². The van der Waals surface area contributed by atoms with E-state index in [9.17, 15) is 9.59 Å². The van der Waals surface area contributed by atoms with Gasteiger partial charge in [-0.3, -0.25) is 9.59 Å². The van der Waals surface area contributed by atoms with Gasteiger partial charge in [-0.2, -0.15) is 0 Å². The first-order valence-corrected chi connectivity index (χ1v) is 9.92. The van der Waals surface area contributed by atoms with E-state index in [0.29, 0.717) is 50.2 Å². The molecule has 7 nitrogen and oxygen atoms in total. The number of hydrogen-bond acceptors (Lipinski definition) is 4. The zero-order valence-corrected chi connectivity index (χ0v) is 16.0. The molecular weight excluding hydrogens is 368 g/mol. The number of nitrogens with zero attached hydrogens (tertiary/aromatic N) is 3. The summed E-state index contributed by atoms with van der Waals surface area (Å²) in [5, 5.41) is 3.01. The standard InChI is InChI=1S/C22H22N4O3/c27-20(9-12-26-15-23-17-6-2-3-7-18(17)26)25-13-10-22(11-14-25)24-21(28)16-5-1-4-8-19(16)29-22/h1-8,15H,9-14H2,(H,24,28). The number of aryl methyl sites for hydroxylation is 1. The maximum Gasteiger partial charge on any atom is 0.258 e. The maximum atomic E-state index is 12.7. The van der Waals surface area contributed by atoms with E-state index in [4.69, 9.17) is 4.74 Å². The van der Waals surface area contributed by atoms with Gasteiger partial charge in [0, 0.05) is 38.9 Å². The molecule has 1 saturated heterocycles. The molecule has 7 heteroatoms. The Kier molecular flexibility index (Phi) is 4.23. The monoisotopic (exact) mass is 390 g/mol. The Hall–Kier alpha value is -3.35. The summed E-state index contributed by atoms with van der Waals surface area (Å²) in [6.07, 6.45) is 3.36. The number of nitrogens with one attached hydrogen (secondary N) is 1. The van der Waals surface area contributed by atoms with Crippen LogP contribution in [0.2, 0.25) is 0 Å². The minimum absolute atomic E-state index is 0.111. The fourth-order valence-corrected chi connectivity index (χ4v) is 4.16. The van der Waals surface area contributed by atoms with Crippen molar-refractivity contribution in [2.24, 2.45) is 0 Å². The van der Waals surface area contributed by atoms with E-state index < -0.39 is 5.72 Å². The summed E-state index contributed by atoms with van der Waals surface area (Å²) in [7, 11) is 0. The van der Waals surface area contributed by atoms with Crippen LogP contribution < -0.4 is 10.1 Å². The second kappa shape index (κ2) is 6.92. The Morgan fingerprint density at radius 2 is 1.86 bits per heavy atom. The summed E-state index contributed by atoms with van der Waals surface area (Å²) in [4.78, 5) is 31.4. The molecule has 0 unspecified atom stereocenters. The van der Waals surface area contributed by atoms with E-state index >= 15 is 0 Å². The zero-order valence-electron chi connectivity index (χ0n) is 16.0. The number of imidazole rings is 1. The second-order valence-electron chi connectivity index (χ2n) is 7.60. The second-order valence-corrected chi connectivity index (χ2v) is 7.60. The highest BCUT2D eigenvalue weighted by Gasteiger charge is 2.43. The molecule has 2 aliphatic heterocycles. The van der Waals surface area contributed by atoms with Gasteiger partial charge in [-0.15, -0.1) is 0 Å². The first kappa shape index (κ1) is 17.7. The molecule has 1 aromatic heterocycles. The molecule has 1 N–H and O–H groups in total. The lowest BCUT2D eigenvalue weighted by Gasteiger charge is -2.44. The quantitative estimate of drug-likeness (QED) is 0.746. The van der Waals surface area contributed by atoms with Crippen LogP contribution in [0.15, 0.2) is 54.9 Å². The minimum atomic E-state index is -0.719. The molecule has 0 saturated carbocycles. The minimum Gasteiger partial charge on any atom is -0.467 e. The van der Waals surface area contributed by atoms with Gasteiger partial charge < -0.3 is 19.5 Å². The van der Waals surface area contributed by atoms with Crippen molar-refractivity contribution in [2.45, 2.75) is 31.5 Å². The van der Waals surface area contributed by atoms with Crippen molar-refractivity contribution in [3.05, 3.63) is 60.4 Å². The van der Waals surface area contributed by atoms with Crippen LogP contribution in [0, 0.1) is 0 Å². The number of benzene rings is 2. The number of fused-ring (bicyclic) bond motifs is 2. The Bertz CT molecular complexity index is 1080. The average molecular weight is 390 g/mol. The highest BCUT2D eigenvalue weighted by atomic mass is 16.5. The van der Waals surface area contributed by atoms with Gasteiger partial charge in [0.25, 0.3) is 5.91 Å². The van der Waals surface area contributed by atoms with E-state index in [1.807, 2.05) is 51.9 Å². The summed E-state index contributed by atoms with van der Waals surface area (Å²) in [6, 6.07) is 15.2. The van der Waals surface area contributed by atoms with Crippen LogP contribution in [0.5, 0.6) is 5.75 Å². The van der Waals surface area contributed by atoms with Gasteiger partial charge in [0.05, 0.1) is 22.9 Å². The summed E-state index contributed by atoms with van der Waals surface area (Å²) in [5.41, 5.74) is 1.81. The van der Waals surface area contributed by atoms with Gasteiger partial charge in [0.15, 0.2) is 5.72 Å². The predicted molar refractivity (Wildman–Crippen MR) is 107 cm³/mol. The van der Waals surface area contributed by atoms with Crippen molar-refractivity contribution >= 4 is 22.8 Å². The maximum absolute atomic E-state index is 12.7. The van der Waals surface area contributed by atoms with Gasteiger partial charge in [-0.1, -0.05) is 24.3 Å². The predicted octanol–water partition coefficient (Wildman–Crippen LogP) is 2.57. The molecule has 148 valence electrons. The average Bonchev–Trinajstić information content (AvgIpc) is 3.16. The Balaban J connectivity index is 1.21. The van der Waals surface area contributed by atoms with E-state index in [0.717, 1.165) is 11.0 Å². The number of hydrogen-bond donors (Lipinski definition) is 1. The largest absolute Gasteiger partial charge is 0.467 e. The topological polar surface area (TPSA) is 76.5 Å². The fourth-order valence-electron chi connectivity index (χ4n) is 4.16. The van der Waals surface area contributed by atoms with Crippen LogP contribution in [0.25, 0.3) is 11.0 Å². The summed E-state index contributed by atoms with van der Waals surface area (Å²) >= 11 is 0. The molecule has 1 spiro atoms. The third-order valence-corrected chi connectivity index (χ3v) is 5.80. The van der Waals surface area contributed by atoms with Crippen LogP contribution in [0.4, 0.5) is 0 Å². The van der Waals surface area contributed by atoms with Crippen molar-refractivity contribution in [1.82, 2.24) is 19.8 Å². The van der Waals surface area contributed by atoms with Crippen molar-refractivity contribution in [2.75, 3.05) is 13.1 Å². The van der Waals surface area contributed by atoms with Gasteiger partial charge >= 0.3 is 0 Å². The number of carbonyl (C=O) groups excluding carboxylic acids is 2. The number of amides is 2. The fraction of sp³-hybridized carbons (Fsp3) is 0.318. The Morgan fingerprint density at radius 3 is 2.72 bits per heavy atom. The SMILES string of the molecule is O=C1NC2(CCN(C(=O)CCn3cnc4ccccc43)CC2)Oc2ccccc21. The lowest BCUT2D eigenvalue weighted by atomic mass is 9.96. The smallest absolute Gasteiger partial charge is 0.258 e. The van der Waals surface area contributed by atoms with Gasteiger partial charge in [-0.05, 0) is 24.3 Å². The molecular formula is C22H22N4O3. The molecule has 2 aromatic carbocycles. The first-order chi connectivity index (χ1) is 14.1. The lowest BCUT2D eigenvalue weighted by molar-refractivity contribution is -0.135. The molecule has 1 fully saturated rings. The van der Waals surface area contributed by atoms with Gasteiger partial charge in [0.1, 0.15) is 5.75 Å². The van der Waals surface area contributed by atoms with Crippen molar-refractivity contribution < 1.29 is 14.3 Å². The molecule has 0 radical (unpaired) electrons. The number of aromatic nitrogens is 2. The summed E-state index contributed by atoms with van der Waals surface area (Å²) in [6.45, 7) is 1.72. The number of ether oxygens (including phenoxy) is 1. The van der Waals surface area contributed by atoms with E-state index in [-0.39, 0.29) is 11.8 Å². The number of rotatable bonds is 3. The third kappa shape index (κ3) is 3.22. The van der Waals surface area contributed by atoms with Crippen molar-refractivity contribution in [3.8, 4) is 5.75 Å². The van der Waals surface area contributed by atoms with Crippen LogP contribution in [-0.2, 0) is 11.3 Å². The Labute approximate surface area is 168 Å². The number of likely N-dealkylation sites (tertiary alicyclic amines) is 1. The molecule has 2 aliphatic rings. The molecule has 3 aromatic rings. The summed E-state index contributed by atoms with van der Waals surface area (Å²) in [5.74, 6) is 0.613. The highest BCUT2D eigenvalue weighted by Crippen LogP contribution is 2.33. The van der Waals surface area contributed by atoms with E-state index in [2.05, 4.69) is 10.3 Å². The van der Waals surface area contributed by atoms with Crippen LogP contribution >= 0.6 is 0 Å². The van der Waals surface area contributed by atoms with Crippen LogP contribution in [0.1, 0.15) is 29.6 Å². The normalized spacial score (nSPS) is 17.7. The number of carbonyl (C=O) groups is 2. The molecule has 0 bridgehead atoms. The van der Waals surface area contributed by atoms with Crippen LogP contribution in [-0.4, -0.2) is 45.1 Å². The van der Waals surface area contributed by atoms with Gasteiger partial charge in [0.2, 0.25) is 5.91 Å². The molecule has 0 aliphatic carbocycles. The molecule has 29 heavy (non-hydrogen) atoms. The Morgan fingerprint density at radius 1 is 1.10 bits per heavy atom. The lowest BCUT2D eigenvalue weighted by Crippen LogP contribution is -2.61. The third-order valence-electron chi connectivity index (χ3n) is 5.80. The van der Waals surface area contributed by atoms with Gasteiger partial charge in [-0.25, -0.2) is 4.98 Å². The summed E-state index contributed by atoms with van der Waals surface area (Å²) < 4.78 is 8.16.